The van der Waals surface area contributed by atoms with Gasteiger partial charge in [-0.3, -0.25) is 4.79 Å². The van der Waals surface area contributed by atoms with Crippen LogP contribution in [0.1, 0.15) is 9.67 Å². The summed E-state index contributed by atoms with van der Waals surface area (Å²) in [5.74, 6) is 0.0807. The highest BCUT2D eigenvalue weighted by molar-refractivity contribution is 7.18. The standard InChI is InChI=1S/C15H11ClNOS/c16-15-6-5-14(19-15)13(18)10-17-8-7-11-3-1-2-4-12(11)9-17/h1-9H,10H2/q+1. The van der Waals surface area contributed by atoms with Crippen LogP contribution in [0.5, 0.6) is 0 Å². The van der Waals surface area contributed by atoms with Crippen molar-refractivity contribution in [1.29, 1.82) is 0 Å². The lowest BCUT2D eigenvalue weighted by Crippen LogP contribution is -2.36. The molecule has 0 saturated heterocycles. The van der Waals surface area contributed by atoms with Gasteiger partial charge in [0.05, 0.1) is 9.21 Å². The van der Waals surface area contributed by atoms with Gasteiger partial charge in [0, 0.05) is 11.5 Å². The second kappa shape index (κ2) is 5.11. The quantitative estimate of drug-likeness (QED) is 0.531. The maximum absolute atomic E-state index is 12.1. The predicted octanol–water partition coefficient (Wildman–Crippen LogP) is 3.73. The first kappa shape index (κ1) is 12.3. The zero-order chi connectivity index (χ0) is 13.2. The number of hydrogen-bond acceptors (Lipinski definition) is 2. The third-order valence-electron chi connectivity index (χ3n) is 2.92. The van der Waals surface area contributed by atoms with E-state index in [9.17, 15) is 4.79 Å². The fourth-order valence-corrected chi connectivity index (χ4v) is 2.96. The molecule has 94 valence electrons. The lowest BCUT2D eigenvalue weighted by molar-refractivity contribution is -0.681. The van der Waals surface area contributed by atoms with Gasteiger partial charge < -0.3 is 0 Å². The van der Waals surface area contributed by atoms with Crippen molar-refractivity contribution >= 4 is 39.5 Å². The van der Waals surface area contributed by atoms with E-state index in [4.69, 9.17) is 11.6 Å². The van der Waals surface area contributed by atoms with Gasteiger partial charge in [0.25, 0.3) is 0 Å². The molecule has 1 aromatic carbocycles. The summed E-state index contributed by atoms with van der Waals surface area (Å²) in [5, 5.41) is 2.30. The number of ketones is 1. The topological polar surface area (TPSA) is 20.9 Å². The Bertz CT molecular complexity index is 750. The smallest absolute Gasteiger partial charge is 0.237 e. The Morgan fingerprint density at radius 3 is 2.63 bits per heavy atom. The minimum Gasteiger partial charge on any atom is -0.286 e. The molecule has 2 nitrogen and oxygen atoms in total. The van der Waals surface area contributed by atoms with Crippen molar-refractivity contribution in [3.05, 3.63) is 64.1 Å². The Kier molecular flexibility index (Phi) is 3.32. The van der Waals surface area contributed by atoms with Gasteiger partial charge in [0.1, 0.15) is 0 Å². The zero-order valence-electron chi connectivity index (χ0n) is 10.0. The molecule has 0 unspecified atom stereocenters. The van der Waals surface area contributed by atoms with E-state index in [1.807, 2.05) is 41.2 Å². The van der Waals surface area contributed by atoms with E-state index >= 15 is 0 Å². The molecule has 0 bridgehead atoms. The third-order valence-corrected chi connectivity index (χ3v) is 4.19. The van der Waals surface area contributed by atoms with E-state index in [1.165, 1.54) is 16.7 Å². The van der Waals surface area contributed by atoms with Crippen molar-refractivity contribution in [3.8, 4) is 0 Å². The van der Waals surface area contributed by atoms with Gasteiger partial charge in [-0.2, -0.15) is 4.57 Å². The van der Waals surface area contributed by atoms with Crippen molar-refractivity contribution in [2.24, 2.45) is 0 Å². The normalized spacial score (nSPS) is 10.8. The summed E-state index contributed by atoms with van der Waals surface area (Å²) in [5.41, 5.74) is 0. The molecule has 0 aliphatic heterocycles. The van der Waals surface area contributed by atoms with Gasteiger partial charge in [-0.15, -0.1) is 11.3 Å². The number of carbonyl (C=O) groups excluding carboxylic acids is 1. The first-order valence-electron chi connectivity index (χ1n) is 5.89. The third kappa shape index (κ3) is 2.67. The molecule has 2 aromatic heterocycles. The molecule has 0 fully saturated rings. The molecule has 0 N–H and O–H groups in total. The van der Waals surface area contributed by atoms with Crippen molar-refractivity contribution in [2.75, 3.05) is 0 Å². The minimum atomic E-state index is 0.0807. The van der Waals surface area contributed by atoms with Crippen LogP contribution in [-0.2, 0) is 6.54 Å². The summed E-state index contributed by atoms with van der Waals surface area (Å²) in [6.45, 7) is 0.335. The molecule has 4 heteroatoms. The second-order valence-corrected chi connectivity index (χ2v) is 5.99. The van der Waals surface area contributed by atoms with Crippen molar-refractivity contribution in [3.63, 3.8) is 0 Å². The van der Waals surface area contributed by atoms with Gasteiger partial charge in [-0.05, 0) is 23.6 Å². The first-order chi connectivity index (χ1) is 9.22. The lowest BCUT2D eigenvalue weighted by atomic mass is 10.2. The number of hydrogen-bond donors (Lipinski definition) is 0. The molecule has 19 heavy (non-hydrogen) atoms. The van der Waals surface area contributed by atoms with Crippen LogP contribution >= 0.6 is 22.9 Å². The largest absolute Gasteiger partial charge is 0.286 e. The first-order valence-corrected chi connectivity index (χ1v) is 7.08. The molecule has 0 saturated carbocycles. The number of carbonyl (C=O) groups is 1. The highest BCUT2D eigenvalue weighted by Gasteiger charge is 2.14. The van der Waals surface area contributed by atoms with Crippen LogP contribution in [-0.4, -0.2) is 5.78 Å². The molecule has 0 aliphatic rings. The lowest BCUT2D eigenvalue weighted by Gasteiger charge is -1.98. The fraction of sp³-hybridized carbons (Fsp3) is 0.0667. The molecule has 0 radical (unpaired) electrons. The highest BCUT2D eigenvalue weighted by Crippen LogP contribution is 2.21. The summed E-state index contributed by atoms with van der Waals surface area (Å²) in [6.07, 6.45) is 3.91. The number of benzene rings is 1. The average molecular weight is 289 g/mol. The van der Waals surface area contributed by atoms with E-state index in [2.05, 4.69) is 6.07 Å². The number of pyridine rings is 1. The summed E-state index contributed by atoms with van der Waals surface area (Å²) >= 11 is 7.17. The van der Waals surface area contributed by atoms with E-state index in [1.54, 1.807) is 12.1 Å². The summed E-state index contributed by atoms with van der Waals surface area (Å²) < 4.78 is 2.55. The van der Waals surface area contributed by atoms with Gasteiger partial charge in [0.15, 0.2) is 12.4 Å². The molecular weight excluding hydrogens is 278 g/mol. The number of rotatable bonds is 3. The molecule has 3 rings (SSSR count). The van der Waals surface area contributed by atoms with Gasteiger partial charge in [-0.25, -0.2) is 0 Å². The summed E-state index contributed by atoms with van der Waals surface area (Å²) in [4.78, 5) is 12.8. The number of nitrogens with zero attached hydrogens (tertiary/aromatic N) is 1. The molecule has 0 atom stereocenters. The second-order valence-electron chi connectivity index (χ2n) is 4.27. The van der Waals surface area contributed by atoms with Gasteiger partial charge in [0.2, 0.25) is 12.3 Å². The molecular formula is C15H11ClNOS+. The SMILES string of the molecule is O=C(C[n+]1ccc2ccccc2c1)c1ccc(Cl)s1. The number of fused-ring (bicyclic) bond motifs is 1. The summed E-state index contributed by atoms with van der Waals surface area (Å²) in [6, 6.07) is 13.6. The van der Waals surface area contributed by atoms with Gasteiger partial charge in [-0.1, -0.05) is 29.8 Å². The molecule has 0 spiro atoms. The molecule has 2 heterocycles. The van der Waals surface area contributed by atoms with Crippen LogP contribution in [0.4, 0.5) is 0 Å². The van der Waals surface area contributed by atoms with Crippen LogP contribution < -0.4 is 4.57 Å². The molecule has 0 aliphatic carbocycles. The van der Waals surface area contributed by atoms with E-state index in [-0.39, 0.29) is 5.78 Å². The maximum Gasteiger partial charge on any atom is 0.237 e. The van der Waals surface area contributed by atoms with Crippen LogP contribution in [0.25, 0.3) is 10.8 Å². The maximum atomic E-state index is 12.1. The van der Waals surface area contributed by atoms with Crippen molar-refractivity contribution in [1.82, 2.24) is 0 Å². The van der Waals surface area contributed by atoms with Crippen LogP contribution in [0.3, 0.4) is 0 Å². The average Bonchev–Trinajstić information content (AvgIpc) is 2.85. The van der Waals surface area contributed by atoms with E-state index in [0.29, 0.717) is 15.8 Å². The van der Waals surface area contributed by atoms with E-state index < -0.39 is 0 Å². The van der Waals surface area contributed by atoms with Crippen LogP contribution in [0, 0.1) is 0 Å². The highest BCUT2D eigenvalue weighted by atomic mass is 35.5. The molecule has 3 aromatic rings. The monoisotopic (exact) mass is 288 g/mol. The van der Waals surface area contributed by atoms with Crippen molar-refractivity contribution in [2.45, 2.75) is 6.54 Å². The Labute approximate surface area is 119 Å². The Morgan fingerprint density at radius 1 is 1.11 bits per heavy atom. The zero-order valence-corrected chi connectivity index (χ0v) is 11.6. The number of aromatic nitrogens is 1. The minimum absolute atomic E-state index is 0.0807. The van der Waals surface area contributed by atoms with Gasteiger partial charge >= 0.3 is 0 Å². The Balaban J connectivity index is 1.87. The number of halogens is 1. The number of Topliss-reactive ketones (excluding diaryl/α,β-unsaturated/α-hetero) is 1. The number of thiophene rings is 1. The fourth-order valence-electron chi connectivity index (χ4n) is 1.98. The van der Waals surface area contributed by atoms with E-state index in [0.717, 1.165) is 5.39 Å². The Hall–Kier alpha value is -1.71. The van der Waals surface area contributed by atoms with Crippen LogP contribution in [0.2, 0.25) is 4.34 Å². The predicted molar refractivity (Wildman–Crippen MR) is 77.8 cm³/mol. The summed E-state index contributed by atoms with van der Waals surface area (Å²) in [7, 11) is 0. The Morgan fingerprint density at radius 2 is 1.89 bits per heavy atom. The van der Waals surface area contributed by atoms with Crippen LogP contribution in [0.15, 0.2) is 54.9 Å². The molecule has 0 amide bonds. The van der Waals surface area contributed by atoms with Crippen molar-refractivity contribution < 1.29 is 9.36 Å².